The minimum Gasteiger partial charge on any atom is -0.340 e. The average molecular weight is 385 g/mol. The molecule has 0 saturated heterocycles. The van der Waals surface area contributed by atoms with E-state index in [9.17, 15) is 12.8 Å². The minimum absolute atomic E-state index is 0.0152. The highest BCUT2D eigenvalue weighted by Crippen LogP contribution is 2.25. The molecule has 0 saturated carbocycles. The van der Waals surface area contributed by atoms with Crippen molar-refractivity contribution in [1.29, 1.82) is 0 Å². The van der Waals surface area contributed by atoms with Crippen molar-refractivity contribution in [2.75, 3.05) is 10.0 Å². The van der Waals surface area contributed by atoms with Crippen LogP contribution in [-0.4, -0.2) is 13.4 Å². The van der Waals surface area contributed by atoms with Gasteiger partial charge in [0.25, 0.3) is 10.0 Å². The molecular formula is C20H20FN3O2S. The summed E-state index contributed by atoms with van der Waals surface area (Å²) in [5.41, 5.74) is 3.62. The SMILES string of the molecule is CCc1cccc(C)c1Nc1ccc(NS(=O)(=O)c2ccc(F)cc2)cn1. The molecule has 7 heteroatoms. The zero-order valence-corrected chi connectivity index (χ0v) is 15.8. The van der Waals surface area contributed by atoms with E-state index in [-0.39, 0.29) is 4.90 Å². The Labute approximate surface area is 158 Å². The number of anilines is 3. The number of sulfonamides is 1. The lowest BCUT2D eigenvalue weighted by Gasteiger charge is -2.14. The second-order valence-corrected chi connectivity index (χ2v) is 7.76. The second-order valence-electron chi connectivity index (χ2n) is 6.08. The van der Waals surface area contributed by atoms with Gasteiger partial charge in [0.2, 0.25) is 0 Å². The monoisotopic (exact) mass is 385 g/mol. The van der Waals surface area contributed by atoms with Gasteiger partial charge in [-0.25, -0.2) is 17.8 Å². The van der Waals surface area contributed by atoms with E-state index in [0.29, 0.717) is 11.5 Å². The zero-order chi connectivity index (χ0) is 19.4. The Morgan fingerprint density at radius 1 is 1.04 bits per heavy atom. The summed E-state index contributed by atoms with van der Waals surface area (Å²) in [6.07, 6.45) is 2.33. The lowest BCUT2D eigenvalue weighted by atomic mass is 10.1. The summed E-state index contributed by atoms with van der Waals surface area (Å²) in [4.78, 5) is 4.27. The number of nitrogens with one attached hydrogen (secondary N) is 2. The van der Waals surface area contributed by atoms with Crippen LogP contribution in [0.3, 0.4) is 0 Å². The number of aromatic nitrogens is 1. The van der Waals surface area contributed by atoms with Crippen LogP contribution in [0.2, 0.25) is 0 Å². The highest BCUT2D eigenvalue weighted by Gasteiger charge is 2.14. The molecule has 27 heavy (non-hydrogen) atoms. The smallest absolute Gasteiger partial charge is 0.261 e. The van der Waals surface area contributed by atoms with Gasteiger partial charge in [0.05, 0.1) is 16.8 Å². The first-order valence-corrected chi connectivity index (χ1v) is 9.97. The van der Waals surface area contributed by atoms with Crippen molar-refractivity contribution in [2.45, 2.75) is 25.2 Å². The molecule has 0 fully saturated rings. The topological polar surface area (TPSA) is 71.1 Å². The fourth-order valence-electron chi connectivity index (χ4n) is 2.69. The lowest BCUT2D eigenvalue weighted by molar-refractivity contribution is 0.599. The highest BCUT2D eigenvalue weighted by atomic mass is 32.2. The first-order chi connectivity index (χ1) is 12.9. The largest absolute Gasteiger partial charge is 0.340 e. The molecule has 5 nitrogen and oxygen atoms in total. The number of pyridine rings is 1. The molecule has 0 bridgehead atoms. The molecule has 3 rings (SSSR count). The molecule has 2 aromatic carbocycles. The molecule has 0 aliphatic heterocycles. The maximum atomic E-state index is 13.0. The van der Waals surface area contributed by atoms with Gasteiger partial charge < -0.3 is 5.32 Å². The van der Waals surface area contributed by atoms with Gasteiger partial charge in [0.15, 0.2) is 0 Å². The third kappa shape index (κ3) is 4.43. The van der Waals surface area contributed by atoms with Gasteiger partial charge in [0.1, 0.15) is 11.6 Å². The van der Waals surface area contributed by atoms with E-state index in [1.807, 2.05) is 19.1 Å². The number of nitrogens with zero attached hydrogens (tertiary/aromatic N) is 1. The quantitative estimate of drug-likeness (QED) is 0.649. The second kappa shape index (κ2) is 7.75. The first kappa shape index (κ1) is 18.8. The normalized spacial score (nSPS) is 11.2. The van der Waals surface area contributed by atoms with Crippen molar-refractivity contribution in [3.8, 4) is 0 Å². The minimum atomic E-state index is -3.80. The van der Waals surface area contributed by atoms with Crippen LogP contribution in [0, 0.1) is 12.7 Å². The number of hydrogen-bond donors (Lipinski definition) is 2. The van der Waals surface area contributed by atoms with Crippen LogP contribution in [0.1, 0.15) is 18.1 Å². The van der Waals surface area contributed by atoms with E-state index in [1.54, 1.807) is 12.1 Å². The molecule has 1 heterocycles. The molecule has 0 amide bonds. The average Bonchev–Trinajstić information content (AvgIpc) is 2.65. The molecule has 0 atom stereocenters. The van der Waals surface area contributed by atoms with Crippen LogP contribution in [0.4, 0.5) is 21.6 Å². The van der Waals surface area contributed by atoms with Crippen molar-refractivity contribution < 1.29 is 12.8 Å². The molecular weight excluding hydrogens is 365 g/mol. The molecule has 140 valence electrons. The molecule has 1 aromatic heterocycles. The highest BCUT2D eigenvalue weighted by molar-refractivity contribution is 7.92. The summed E-state index contributed by atoms with van der Waals surface area (Å²) in [6.45, 7) is 4.10. The van der Waals surface area contributed by atoms with E-state index in [0.717, 1.165) is 29.8 Å². The number of para-hydroxylation sites is 1. The maximum absolute atomic E-state index is 13.0. The predicted molar refractivity (Wildman–Crippen MR) is 105 cm³/mol. The Morgan fingerprint density at radius 3 is 2.41 bits per heavy atom. The summed E-state index contributed by atoms with van der Waals surface area (Å²) in [7, 11) is -3.80. The standard InChI is InChI=1S/C20H20FN3O2S/c1-3-15-6-4-5-14(2)20(15)23-19-12-9-17(13-22-19)24-27(25,26)18-10-7-16(21)8-11-18/h4-13,24H,3H2,1-2H3,(H,22,23). The lowest BCUT2D eigenvalue weighted by Crippen LogP contribution is -2.13. The van der Waals surface area contributed by atoms with Crippen LogP contribution in [0.15, 0.2) is 65.7 Å². The zero-order valence-electron chi connectivity index (χ0n) is 15.0. The van der Waals surface area contributed by atoms with Crippen LogP contribution in [0.25, 0.3) is 0 Å². The van der Waals surface area contributed by atoms with Crippen LogP contribution < -0.4 is 10.0 Å². The molecule has 0 unspecified atom stereocenters. The number of rotatable bonds is 6. The van der Waals surface area contributed by atoms with E-state index < -0.39 is 15.8 Å². The molecule has 3 aromatic rings. The van der Waals surface area contributed by atoms with Crippen LogP contribution in [-0.2, 0) is 16.4 Å². The van der Waals surface area contributed by atoms with Crippen molar-refractivity contribution >= 4 is 27.2 Å². The van der Waals surface area contributed by atoms with E-state index in [2.05, 4.69) is 28.0 Å². The fraction of sp³-hybridized carbons (Fsp3) is 0.150. The first-order valence-electron chi connectivity index (χ1n) is 8.49. The van der Waals surface area contributed by atoms with Gasteiger partial charge in [-0.3, -0.25) is 4.72 Å². The summed E-state index contributed by atoms with van der Waals surface area (Å²) in [5.74, 6) is 0.123. The third-order valence-electron chi connectivity index (χ3n) is 4.13. The number of aryl methyl sites for hydroxylation is 2. The van der Waals surface area contributed by atoms with Crippen molar-refractivity contribution in [1.82, 2.24) is 4.98 Å². The molecule has 0 aliphatic carbocycles. The Balaban J connectivity index is 1.77. The van der Waals surface area contributed by atoms with Crippen molar-refractivity contribution in [3.63, 3.8) is 0 Å². The molecule has 0 spiro atoms. The fourth-order valence-corrected chi connectivity index (χ4v) is 3.73. The summed E-state index contributed by atoms with van der Waals surface area (Å²) >= 11 is 0. The molecule has 0 aliphatic rings. The Morgan fingerprint density at radius 2 is 1.78 bits per heavy atom. The molecule has 0 radical (unpaired) electrons. The van der Waals surface area contributed by atoms with Gasteiger partial charge in [-0.1, -0.05) is 25.1 Å². The number of halogens is 1. The van der Waals surface area contributed by atoms with Crippen LogP contribution >= 0.6 is 0 Å². The molecule has 2 N–H and O–H groups in total. The summed E-state index contributed by atoms with van der Waals surface area (Å²) < 4.78 is 40.1. The number of benzene rings is 2. The van der Waals surface area contributed by atoms with Gasteiger partial charge in [-0.15, -0.1) is 0 Å². The van der Waals surface area contributed by atoms with Crippen LogP contribution in [0.5, 0.6) is 0 Å². The van der Waals surface area contributed by atoms with Gasteiger partial charge in [0, 0.05) is 5.69 Å². The third-order valence-corrected chi connectivity index (χ3v) is 5.53. The predicted octanol–water partition coefficient (Wildman–Crippen LogP) is 4.64. The Bertz CT molecular complexity index is 1030. The van der Waals surface area contributed by atoms with E-state index in [4.69, 9.17) is 0 Å². The van der Waals surface area contributed by atoms with Gasteiger partial charge >= 0.3 is 0 Å². The van der Waals surface area contributed by atoms with Crippen molar-refractivity contribution in [3.05, 3.63) is 77.7 Å². The Hall–Kier alpha value is -2.93. The van der Waals surface area contributed by atoms with Gasteiger partial charge in [-0.05, 0) is 60.9 Å². The van der Waals surface area contributed by atoms with E-state index in [1.165, 1.54) is 23.9 Å². The number of hydrogen-bond acceptors (Lipinski definition) is 4. The summed E-state index contributed by atoms with van der Waals surface area (Å²) in [6, 6.07) is 14.1. The Kier molecular flexibility index (Phi) is 5.41. The van der Waals surface area contributed by atoms with E-state index >= 15 is 0 Å². The van der Waals surface area contributed by atoms with Gasteiger partial charge in [-0.2, -0.15) is 0 Å². The van der Waals surface area contributed by atoms with Crippen molar-refractivity contribution in [2.24, 2.45) is 0 Å². The summed E-state index contributed by atoms with van der Waals surface area (Å²) in [5, 5.41) is 3.29. The maximum Gasteiger partial charge on any atom is 0.261 e.